The van der Waals surface area contributed by atoms with Crippen molar-refractivity contribution in [2.24, 2.45) is 5.92 Å². The van der Waals surface area contributed by atoms with E-state index in [2.05, 4.69) is 28.8 Å². The van der Waals surface area contributed by atoms with Crippen LogP contribution in [0, 0.1) is 5.92 Å². The molecule has 0 bridgehead atoms. The van der Waals surface area contributed by atoms with Crippen molar-refractivity contribution in [2.75, 3.05) is 46.9 Å². The van der Waals surface area contributed by atoms with Gasteiger partial charge in [-0.3, -0.25) is 14.6 Å². The van der Waals surface area contributed by atoms with E-state index in [1.54, 1.807) is 0 Å². The van der Waals surface area contributed by atoms with Crippen LogP contribution in [0.25, 0.3) is 0 Å². The van der Waals surface area contributed by atoms with E-state index in [1.165, 1.54) is 25.7 Å². The van der Waals surface area contributed by atoms with Gasteiger partial charge >= 0.3 is 5.97 Å². The number of carbonyl (C=O) groups is 1. The van der Waals surface area contributed by atoms with E-state index in [-0.39, 0.29) is 24.3 Å². The lowest BCUT2D eigenvalue weighted by Crippen LogP contribution is -2.55. The average Bonchev–Trinajstić information content (AvgIpc) is 3.21. The third-order valence-corrected chi connectivity index (χ3v) is 6.60. The summed E-state index contributed by atoms with van der Waals surface area (Å²) in [6.45, 7) is 6.89. The number of nitrogens with zero attached hydrogens (tertiary/aromatic N) is 3. The fraction of sp³-hybridized carbons (Fsp3) is 0.952. The second-order valence-electron chi connectivity index (χ2n) is 8.66. The van der Waals surface area contributed by atoms with Gasteiger partial charge in [0.2, 0.25) is 0 Å². The number of rotatable bonds is 7. The van der Waals surface area contributed by atoms with Crippen molar-refractivity contribution in [3.05, 3.63) is 0 Å². The van der Waals surface area contributed by atoms with Gasteiger partial charge in [0.15, 0.2) is 6.35 Å². The highest BCUT2D eigenvalue weighted by molar-refractivity contribution is 5.72. The lowest BCUT2D eigenvalue weighted by molar-refractivity contribution is -0.190. The topological polar surface area (TPSA) is 45.3 Å². The molecule has 3 aliphatic rings. The van der Waals surface area contributed by atoms with Gasteiger partial charge in [0.05, 0.1) is 18.6 Å². The number of piperidine rings is 1. The molecule has 2 aliphatic heterocycles. The zero-order valence-corrected chi connectivity index (χ0v) is 17.6. The third kappa shape index (κ3) is 5.66. The van der Waals surface area contributed by atoms with Crippen LogP contribution in [0.15, 0.2) is 0 Å². The molecule has 0 aromatic carbocycles. The first-order valence-electron chi connectivity index (χ1n) is 11.0. The summed E-state index contributed by atoms with van der Waals surface area (Å²) in [6, 6.07) is 0.695. The Kier molecular flexibility index (Phi) is 7.94. The Balaban J connectivity index is 1.53. The zero-order chi connectivity index (χ0) is 19.2. The van der Waals surface area contributed by atoms with Crippen LogP contribution in [0.3, 0.4) is 0 Å². The fourth-order valence-electron chi connectivity index (χ4n) is 4.86. The predicted octanol–water partition coefficient (Wildman–Crippen LogP) is 2.53. The highest BCUT2D eigenvalue weighted by Gasteiger charge is 2.35. The maximum Gasteiger partial charge on any atom is 0.308 e. The highest BCUT2D eigenvalue weighted by atomic mass is 16.5. The molecule has 156 valence electrons. The monoisotopic (exact) mass is 381 g/mol. The molecule has 6 nitrogen and oxygen atoms in total. The summed E-state index contributed by atoms with van der Waals surface area (Å²) < 4.78 is 11.9. The molecule has 2 heterocycles. The number of likely N-dealkylation sites (tertiary alicyclic amines) is 2. The third-order valence-electron chi connectivity index (χ3n) is 6.60. The lowest BCUT2D eigenvalue weighted by Gasteiger charge is -2.44. The Morgan fingerprint density at radius 3 is 2.11 bits per heavy atom. The van der Waals surface area contributed by atoms with Gasteiger partial charge in [0.25, 0.3) is 0 Å². The van der Waals surface area contributed by atoms with Crippen LogP contribution in [0.1, 0.15) is 58.3 Å². The molecule has 2 saturated heterocycles. The van der Waals surface area contributed by atoms with Crippen LogP contribution in [0.2, 0.25) is 0 Å². The van der Waals surface area contributed by atoms with Gasteiger partial charge in [0.1, 0.15) is 0 Å². The second-order valence-corrected chi connectivity index (χ2v) is 8.66. The minimum Gasteiger partial charge on any atom is -0.466 e. The summed E-state index contributed by atoms with van der Waals surface area (Å²) in [7, 11) is 4.38. The molecule has 0 amide bonds. The molecule has 1 unspecified atom stereocenters. The van der Waals surface area contributed by atoms with Gasteiger partial charge in [-0.1, -0.05) is 0 Å². The van der Waals surface area contributed by atoms with Crippen molar-refractivity contribution in [1.29, 1.82) is 0 Å². The van der Waals surface area contributed by atoms with Crippen molar-refractivity contribution >= 4 is 5.97 Å². The number of carbonyl (C=O) groups excluding carboxylic acids is 1. The van der Waals surface area contributed by atoms with Crippen LogP contribution >= 0.6 is 0 Å². The number of ether oxygens (including phenoxy) is 2. The molecule has 0 aromatic rings. The predicted molar refractivity (Wildman–Crippen MR) is 106 cm³/mol. The number of esters is 1. The van der Waals surface area contributed by atoms with E-state index in [4.69, 9.17) is 9.47 Å². The Morgan fingerprint density at radius 1 is 0.963 bits per heavy atom. The smallest absolute Gasteiger partial charge is 0.308 e. The maximum absolute atomic E-state index is 12.0. The molecule has 1 atom stereocenters. The number of hydrogen-bond acceptors (Lipinski definition) is 6. The number of hydrogen-bond donors (Lipinski definition) is 0. The largest absolute Gasteiger partial charge is 0.466 e. The van der Waals surface area contributed by atoms with Crippen LogP contribution in [-0.2, 0) is 14.3 Å². The van der Waals surface area contributed by atoms with Gasteiger partial charge in [-0.25, -0.2) is 0 Å². The Bertz CT molecular complexity index is 452. The molecule has 3 fully saturated rings. The van der Waals surface area contributed by atoms with Crippen molar-refractivity contribution in [1.82, 2.24) is 14.7 Å². The SMILES string of the molecule is CCOC(=O)[C@H]1CC[C@H](OC(N2CCCC2)N2CCC(N(C)C)CC2)CC1. The first kappa shape index (κ1) is 21.0. The average molecular weight is 382 g/mol. The minimum absolute atomic E-state index is 0.0159. The van der Waals surface area contributed by atoms with Gasteiger partial charge in [-0.05, 0) is 72.4 Å². The normalized spacial score (nSPS) is 29.9. The summed E-state index contributed by atoms with van der Waals surface area (Å²) in [5.41, 5.74) is 0. The van der Waals surface area contributed by atoms with Crippen molar-refractivity contribution in [3.8, 4) is 0 Å². The standard InChI is InChI=1S/C21H39N3O3/c1-4-26-20(25)17-7-9-19(10-8-17)27-21(23-13-5-6-14-23)24-15-11-18(12-16-24)22(2)3/h17-19,21H,4-16H2,1-3H3/t17-,19-,21?. The van der Waals surface area contributed by atoms with Crippen LogP contribution < -0.4 is 0 Å². The fourth-order valence-corrected chi connectivity index (χ4v) is 4.86. The minimum atomic E-state index is -0.0159. The quantitative estimate of drug-likeness (QED) is 0.632. The summed E-state index contributed by atoms with van der Waals surface area (Å²) in [4.78, 5) is 19.4. The molecule has 0 spiro atoms. The van der Waals surface area contributed by atoms with E-state index < -0.39 is 0 Å². The van der Waals surface area contributed by atoms with Crippen molar-refractivity contribution in [3.63, 3.8) is 0 Å². The van der Waals surface area contributed by atoms with E-state index in [1.807, 2.05) is 6.92 Å². The molecule has 27 heavy (non-hydrogen) atoms. The van der Waals surface area contributed by atoms with E-state index in [0.29, 0.717) is 12.6 Å². The molecule has 0 aromatic heterocycles. The van der Waals surface area contributed by atoms with Gasteiger partial charge in [0, 0.05) is 32.2 Å². The Hall–Kier alpha value is -0.690. The van der Waals surface area contributed by atoms with E-state index in [0.717, 1.165) is 51.9 Å². The van der Waals surface area contributed by atoms with Gasteiger partial charge < -0.3 is 14.4 Å². The Morgan fingerprint density at radius 2 is 1.56 bits per heavy atom. The summed E-state index contributed by atoms with van der Waals surface area (Å²) in [5, 5.41) is 0. The maximum atomic E-state index is 12.0. The molecular weight excluding hydrogens is 342 g/mol. The van der Waals surface area contributed by atoms with Crippen LogP contribution in [0.5, 0.6) is 0 Å². The molecule has 0 radical (unpaired) electrons. The van der Waals surface area contributed by atoms with Gasteiger partial charge in [-0.2, -0.15) is 0 Å². The van der Waals surface area contributed by atoms with E-state index >= 15 is 0 Å². The van der Waals surface area contributed by atoms with Crippen LogP contribution in [-0.4, -0.2) is 86.0 Å². The molecule has 0 N–H and O–H groups in total. The first-order chi connectivity index (χ1) is 13.1. The lowest BCUT2D eigenvalue weighted by atomic mass is 9.87. The Labute approximate surface area is 165 Å². The molecule has 6 heteroatoms. The molecule has 1 aliphatic carbocycles. The van der Waals surface area contributed by atoms with Crippen LogP contribution in [0.4, 0.5) is 0 Å². The van der Waals surface area contributed by atoms with Crippen molar-refractivity contribution < 1.29 is 14.3 Å². The highest BCUT2D eigenvalue weighted by Crippen LogP contribution is 2.30. The van der Waals surface area contributed by atoms with E-state index in [9.17, 15) is 4.79 Å². The summed E-state index contributed by atoms with van der Waals surface area (Å²) in [6.07, 6.45) is 9.15. The van der Waals surface area contributed by atoms with Crippen molar-refractivity contribution in [2.45, 2.75) is 76.8 Å². The zero-order valence-electron chi connectivity index (χ0n) is 17.6. The molecule has 1 saturated carbocycles. The summed E-state index contributed by atoms with van der Waals surface area (Å²) in [5.74, 6) is 0.0590. The van der Waals surface area contributed by atoms with Gasteiger partial charge in [-0.15, -0.1) is 0 Å². The second kappa shape index (κ2) is 10.2. The molecule has 3 rings (SSSR count). The summed E-state index contributed by atoms with van der Waals surface area (Å²) >= 11 is 0. The first-order valence-corrected chi connectivity index (χ1v) is 11.0. The molecular formula is C21H39N3O3.